The lowest BCUT2D eigenvalue weighted by molar-refractivity contribution is -0.137. The van der Waals surface area contributed by atoms with E-state index in [-0.39, 0.29) is 21.7 Å². The molecule has 2 aromatic carbocycles. The number of halogens is 3. The maximum Gasteiger partial charge on any atom is 0.416 e. The second-order valence-corrected chi connectivity index (χ2v) is 10.7. The van der Waals surface area contributed by atoms with Crippen LogP contribution in [0.1, 0.15) is 50.5 Å². The first-order valence-corrected chi connectivity index (χ1v) is 13.0. The molecule has 0 unspecified atom stereocenters. The maximum atomic E-state index is 13.1. The predicted molar refractivity (Wildman–Crippen MR) is 129 cm³/mol. The van der Waals surface area contributed by atoms with Gasteiger partial charge in [-0.25, -0.2) is 13.2 Å². The summed E-state index contributed by atoms with van der Waals surface area (Å²) in [6.45, 7) is 3.60. The van der Waals surface area contributed by atoms with E-state index in [0.717, 1.165) is 25.0 Å². The van der Waals surface area contributed by atoms with Crippen molar-refractivity contribution in [1.82, 2.24) is 8.87 Å². The van der Waals surface area contributed by atoms with E-state index in [1.165, 1.54) is 51.3 Å². The first-order valence-electron chi connectivity index (χ1n) is 11.6. The number of benzene rings is 2. The Balaban J connectivity index is 1.45. The number of hydrogen-bond donors (Lipinski definition) is 0. The molecule has 4 rings (SSSR count). The summed E-state index contributed by atoms with van der Waals surface area (Å²) in [5, 5.41) is 0. The molecule has 3 aromatic rings. The SMILES string of the molecule is Cc1cc(C(=O)COC(=O)c2ccc(S(=O)(=O)N3CCCC3)cc2)c(C)n1-c1cccc(C(F)(F)F)c1. The van der Waals surface area contributed by atoms with Gasteiger partial charge in [-0.2, -0.15) is 17.5 Å². The highest BCUT2D eigenvalue weighted by atomic mass is 32.2. The van der Waals surface area contributed by atoms with Crippen molar-refractivity contribution in [2.24, 2.45) is 0 Å². The number of alkyl halides is 3. The van der Waals surface area contributed by atoms with Gasteiger partial charge in [0.1, 0.15) is 0 Å². The number of sulfonamides is 1. The number of hydrogen-bond acceptors (Lipinski definition) is 5. The van der Waals surface area contributed by atoms with Crippen LogP contribution in [0.5, 0.6) is 0 Å². The Hall–Kier alpha value is -3.44. The van der Waals surface area contributed by atoms with E-state index in [1.54, 1.807) is 13.8 Å². The lowest BCUT2D eigenvalue weighted by atomic mass is 10.1. The fraction of sp³-hybridized carbons (Fsp3) is 0.308. The number of rotatable bonds is 7. The van der Waals surface area contributed by atoms with Crippen LogP contribution in [0.4, 0.5) is 13.2 Å². The largest absolute Gasteiger partial charge is 0.454 e. The number of carbonyl (C=O) groups excluding carboxylic acids is 2. The first-order chi connectivity index (χ1) is 17.4. The van der Waals surface area contributed by atoms with Crippen LogP contribution in [0.2, 0.25) is 0 Å². The molecule has 0 saturated carbocycles. The zero-order chi connectivity index (χ0) is 27.0. The van der Waals surface area contributed by atoms with E-state index in [2.05, 4.69) is 0 Å². The summed E-state index contributed by atoms with van der Waals surface area (Å²) < 4.78 is 72.7. The first kappa shape index (κ1) is 26.6. The molecule has 1 aliphatic rings. The monoisotopic (exact) mass is 534 g/mol. The zero-order valence-electron chi connectivity index (χ0n) is 20.2. The van der Waals surface area contributed by atoms with Crippen LogP contribution < -0.4 is 0 Å². The van der Waals surface area contributed by atoms with E-state index >= 15 is 0 Å². The fourth-order valence-corrected chi connectivity index (χ4v) is 5.91. The molecule has 1 aliphatic heterocycles. The molecular weight excluding hydrogens is 509 g/mol. The van der Waals surface area contributed by atoms with Crippen molar-refractivity contribution >= 4 is 21.8 Å². The van der Waals surface area contributed by atoms with Gasteiger partial charge in [0.05, 0.1) is 16.0 Å². The average Bonchev–Trinajstić information content (AvgIpc) is 3.51. The van der Waals surface area contributed by atoms with Crippen molar-refractivity contribution in [3.8, 4) is 5.69 Å². The highest BCUT2D eigenvalue weighted by Gasteiger charge is 2.31. The van der Waals surface area contributed by atoms with Gasteiger partial charge in [0, 0.05) is 35.7 Å². The molecule has 0 bridgehead atoms. The Morgan fingerprint density at radius 1 is 0.973 bits per heavy atom. The number of aryl methyl sites for hydroxylation is 1. The minimum atomic E-state index is -4.51. The third kappa shape index (κ3) is 5.47. The second-order valence-electron chi connectivity index (χ2n) is 8.80. The Labute approximate surface area is 212 Å². The number of ether oxygens (including phenoxy) is 1. The number of aromatic nitrogens is 1. The van der Waals surface area contributed by atoms with Crippen molar-refractivity contribution in [3.05, 3.63) is 82.7 Å². The Morgan fingerprint density at radius 3 is 2.24 bits per heavy atom. The van der Waals surface area contributed by atoms with E-state index < -0.39 is 40.1 Å². The van der Waals surface area contributed by atoms with Gasteiger partial charge >= 0.3 is 12.1 Å². The highest BCUT2D eigenvalue weighted by Crippen LogP contribution is 2.31. The molecule has 1 aromatic heterocycles. The topological polar surface area (TPSA) is 85.7 Å². The van der Waals surface area contributed by atoms with Crippen LogP contribution in [0, 0.1) is 13.8 Å². The van der Waals surface area contributed by atoms with E-state index in [0.29, 0.717) is 24.5 Å². The molecular formula is C26H25F3N2O5S. The molecule has 196 valence electrons. The zero-order valence-corrected chi connectivity index (χ0v) is 21.0. The third-order valence-electron chi connectivity index (χ3n) is 6.29. The summed E-state index contributed by atoms with van der Waals surface area (Å²) >= 11 is 0. The molecule has 11 heteroatoms. The van der Waals surface area contributed by atoms with Crippen LogP contribution in [0.3, 0.4) is 0 Å². The molecule has 2 heterocycles. The van der Waals surface area contributed by atoms with Crippen molar-refractivity contribution in [2.75, 3.05) is 19.7 Å². The van der Waals surface area contributed by atoms with Crippen LogP contribution in [0.15, 0.2) is 59.5 Å². The van der Waals surface area contributed by atoms with Crippen molar-refractivity contribution in [2.45, 2.75) is 37.8 Å². The van der Waals surface area contributed by atoms with Crippen LogP contribution in [0.25, 0.3) is 5.69 Å². The van der Waals surface area contributed by atoms with Crippen LogP contribution in [-0.4, -0.2) is 48.7 Å². The molecule has 7 nitrogen and oxygen atoms in total. The standard InChI is InChI=1S/C26H25F3N2O5S/c1-17-14-23(18(2)31(17)21-7-5-6-20(15-21)26(27,28)29)24(32)16-36-25(33)19-8-10-22(11-9-19)37(34,35)30-12-3-4-13-30/h5-11,14-15H,3-4,12-13,16H2,1-2H3. The Bertz CT molecular complexity index is 1440. The van der Waals surface area contributed by atoms with Gasteiger partial charge in [-0.1, -0.05) is 6.07 Å². The van der Waals surface area contributed by atoms with Gasteiger partial charge in [0.2, 0.25) is 15.8 Å². The molecule has 0 aliphatic carbocycles. The smallest absolute Gasteiger partial charge is 0.416 e. The van der Waals surface area contributed by atoms with Gasteiger partial charge in [0.15, 0.2) is 6.61 Å². The normalized spacial score (nSPS) is 14.6. The summed E-state index contributed by atoms with van der Waals surface area (Å²) in [6, 6.07) is 11.6. The summed E-state index contributed by atoms with van der Waals surface area (Å²) in [6.07, 6.45) is -2.89. The number of esters is 1. The highest BCUT2D eigenvalue weighted by molar-refractivity contribution is 7.89. The fourth-order valence-electron chi connectivity index (χ4n) is 4.40. The summed E-state index contributed by atoms with van der Waals surface area (Å²) in [5.74, 6) is -1.32. The van der Waals surface area contributed by atoms with Gasteiger partial charge in [0.25, 0.3) is 0 Å². The second kappa shape index (κ2) is 10.1. The number of nitrogens with zero attached hydrogens (tertiary/aromatic N) is 2. The summed E-state index contributed by atoms with van der Waals surface area (Å²) in [7, 11) is -3.62. The maximum absolute atomic E-state index is 13.1. The van der Waals surface area contributed by atoms with Gasteiger partial charge in [-0.05, 0) is 75.2 Å². The van der Waals surface area contributed by atoms with Crippen molar-refractivity contribution < 1.29 is 35.9 Å². The van der Waals surface area contributed by atoms with E-state index in [4.69, 9.17) is 4.74 Å². The van der Waals surface area contributed by atoms with Crippen molar-refractivity contribution in [3.63, 3.8) is 0 Å². The number of carbonyl (C=O) groups is 2. The lowest BCUT2D eigenvalue weighted by Crippen LogP contribution is -2.27. The molecule has 0 radical (unpaired) electrons. The Morgan fingerprint density at radius 2 is 1.62 bits per heavy atom. The van der Waals surface area contributed by atoms with Crippen LogP contribution >= 0.6 is 0 Å². The predicted octanol–water partition coefficient (Wildman–Crippen LogP) is 4.94. The minimum Gasteiger partial charge on any atom is -0.454 e. The minimum absolute atomic E-state index is 0.0732. The molecule has 1 saturated heterocycles. The van der Waals surface area contributed by atoms with Gasteiger partial charge in [-0.3, -0.25) is 4.79 Å². The molecule has 1 fully saturated rings. The molecule has 37 heavy (non-hydrogen) atoms. The van der Waals surface area contributed by atoms with Crippen LogP contribution in [-0.2, 0) is 20.9 Å². The third-order valence-corrected chi connectivity index (χ3v) is 8.20. The summed E-state index contributed by atoms with van der Waals surface area (Å²) in [4.78, 5) is 25.3. The molecule has 0 amide bonds. The van der Waals surface area contributed by atoms with E-state index in [9.17, 15) is 31.2 Å². The summed E-state index contributed by atoms with van der Waals surface area (Å²) in [5.41, 5.74) is 0.705. The van der Waals surface area contributed by atoms with Crippen molar-refractivity contribution in [1.29, 1.82) is 0 Å². The number of ketones is 1. The quantitative estimate of drug-likeness (QED) is 0.317. The Kier molecular flexibility index (Phi) is 7.29. The molecule has 0 spiro atoms. The molecule has 0 atom stereocenters. The van der Waals surface area contributed by atoms with Gasteiger partial charge < -0.3 is 9.30 Å². The average molecular weight is 535 g/mol. The molecule has 0 N–H and O–H groups in total. The van der Waals surface area contributed by atoms with Gasteiger partial charge in [-0.15, -0.1) is 0 Å². The van der Waals surface area contributed by atoms with E-state index in [1.807, 2.05) is 0 Å². The lowest BCUT2D eigenvalue weighted by Gasteiger charge is -2.15. The number of Topliss-reactive ketones (excluding diaryl/α,β-unsaturated/α-hetero) is 1.